The summed E-state index contributed by atoms with van der Waals surface area (Å²) in [6.07, 6.45) is 3.51. The average molecular weight is 192 g/mol. The van der Waals surface area contributed by atoms with E-state index in [4.69, 9.17) is 10.5 Å². The maximum absolute atomic E-state index is 5.73. The van der Waals surface area contributed by atoms with Crippen molar-refractivity contribution < 1.29 is 4.74 Å². The Morgan fingerprint density at radius 2 is 2.43 bits per heavy atom. The molecule has 14 heavy (non-hydrogen) atoms. The number of ether oxygens (including phenoxy) is 1. The van der Waals surface area contributed by atoms with Crippen LogP contribution in [-0.2, 0) is 6.42 Å². The van der Waals surface area contributed by atoms with Gasteiger partial charge in [-0.25, -0.2) is 4.98 Å². The van der Waals surface area contributed by atoms with Crippen LogP contribution in [0.15, 0.2) is 12.1 Å². The summed E-state index contributed by atoms with van der Waals surface area (Å²) in [5.41, 5.74) is 8.22. The van der Waals surface area contributed by atoms with Gasteiger partial charge in [0.05, 0.1) is 12.8 Å². The summed E-state index contributed by atoms with van der Waals surface area (Å²) < 4.78 is 5.12. The topological polar surface area (TPSA) is 48.1 Å². The molecule has 3 nitrogen and oxygen atoms in total. The van der Waals surface area contributed by atoms with Crippen LogP contribution < -0.4 is 10.5 Å². The fourth-order valence-corrected chi connectivity index (χ4v) is 2.07. The number of rotatable bonds is 2. The highest BCUT2D eigenvalue weighted by molar-refractivity contribution is 5.30. The van der Waals surface area contributed by atoms with Gasteiger partial charge in [0.1, 0.15) is 0 Å². The van der Waals surface area contributed by atoms with E-state index in [1.54, 1.807) is 7.11 Å². The van der Waals surface area contributed by atoms with Crippen LogP contribution >= 0.6 is 0 Å². The quantitative estimate of drug-likeness (QED) is 0.772. The van der Waals surface area contributed by atoms with Gasteiger partial charge in [-0.1, -0.05) is 6.07 Å². The lowest BCUT2D eigenvalue weighted by Gasteiger charge is -2.23. The molecule has 1 aliphatic rings. The van der Waals surface area contributed by atoms with Crippen molar-refractivity contribution in [2.24, 2.45) is 5.73 Å². The number of hydrogen-bond acceptors (Lipinski definition) is 3. The van der Waals surface area contributed by atoms with Gasteiger partial charge in [0, 0.05) is 18.5 Å². The summed E-state index contributed by atoms with van der Waals surface area (Å²) in [6.45, 7) is 0.688. The number of aromatic nitrogens is 1. The zero-order valence-corrected chi connectivity index (χ0v) is 8.49. The Morgan fingerprint density at radius 1 is 1.57 bits per heavy atom. The van der Waals surface area contributed by atoms with Gasteiger partial charge in [-0.3, -0.25) is 0 Å². The lowest BCUT2D eigenvalue weighted by molar-refractivity contribution is 0.392. The first-order valence-corrected chi connectivity index (χ1v) is 5.09. The average Bonchev–Trinajstić information content (AvgIpc) is 2.27. The molecule has 0 fully saturated rings. The largest absolute Gasteiger partial charge is 0.481 e. The van der Waals surface area contributed by atoms with Gasteiger partial charge in [0.25, 0.3) is 0 Å². The zero-order chi connectivity index (χ0) is 9.97. The molecule has 0 radical (unpaired) electrons. The van der Waals surface area contributed by atoms with E-state index in [-0.39, 0.29) is 0 Å². The maximum Gasteiger partial charge on any atom is 0.213 e. The van der Waals surface area contributed by atoms with Crippen molar-refractivity contribution in [3.63, 3.8) is 0 Å². The molecule has 0 saturated heterocycles. The van der Waals surface area contributed by atoms with E-state index in [0.29, 0.717) is 18.3 Å². The predicted octanol–water partition coefficient (Wildman–Crippen LogP) is 1.47. The fourth-order valence-electron chi connectivity index (χ4n) is 2.07. The lowest BCUT2D eigenvalue weighted by atomic mass is 9.87. The van der Waals surface area contributed by atoms with E-state index in [2.05, 4.69) is 11.1 Å². The molecule has 1 aliphatic carbocycles. The second kappa shape index (κ2) is 3.96. The lowest BCUT2D eigenvalue weighted by Crippen LogP contribution is -2.19. The van der Waals surface area contributed by atoms with Crippen molar-refractivity contribution in [2.45, 2.75) is 25.2 Å². The highest BCUT2D eigenvalue weighted by atomic mass is 16.5. The van der Waals surface area contributed by atoms with Gasteiger partial charge in [0.15, 0.2) is 0 Å². The van der Waals surface area contributed by atoms with Crippen molar-refractivity contribution in [1.82, 2.24) is 4.98 Å². The summed E-state index contributed by atoms with van der Waals surface area (Å²) in [6, 6.07) is 4.04. The van der Waals surface area contributed by atoms with Gasteiger partial charge < -0.3 is 10.5 Å². The molecule has 0 aromatic carbocycles. The molecule has 1 unspecified atom stereocenters. The van der Waals surface area contributed by atoms with Gasteiger partial charge in [-0.15, -0.1) is 0 Å². The van der Waals surface area contributed by atoms with Crippen LogP contribution in [0.4, 0.5) is 0 Å². The molecule has 0 saturated carbocycles. The van der Waals surface area contributed by atoms with Crippen LogP contribution in [-0.4, -0.2) is 18.6 Å². The van der Waals surface area contributed by atoms with Crippen LogP contribution in [0, 0.1) is 0 Å². The Labute approximate surface area is 84.3 Å². The van der Waals surface area contributed by atoms with E-state index in [1.807, 2.05) is 6.07 Å². The first-order valence-electron chi connectivity index (χ1n) is 5.09. The minimum Gasteiger partial charge on any atom is -0.481 e. The number of nitrogens with zero attached hydrogens (tertiary/aromatic N) is 1. The summed E-state index contributed by atoms with van der Waals surface area (Å²) in [5, 5.41) is 0. The van der Waals surface area contributed by atoms with Crippen LogP contribution in [0.1, 0.15) is 30.0 Å². The normalized spacial score (nSPS) is 20.3. The Balaban J connectivity index is 2.38. The van der Waals surface area contributed by atoms with E-state index >= 15 is 0 Å². The third-order valence-corrected chi connectivity index (χ3v) is 2.87. The summed E-state index contributed by atoms with van der Waals surface area (Å²) >= 11 is 0. The highest BCUT2D eigenvalue weighted by Crippen LogP contribution is 2.30. The van der Waals surface area contributed by atoms with Crippen LogP contribution in [0.2, 0.25) is 0 Å². The second-order valence-electron chi connectivity index (χ2n) is 3.72. The summed E-state index contributed by atoms with van der Waals surface area (Å²) in [7, 11) is 1.65. The predicted molar refractivity (Wildman–Crippen MR) is 55.5 cm³/mol. The fraction of sp³-hybridized carbons (Fsp3) is 0.545. The van der Waals surface area contributed by atoms with Crippen LogP contribution in [0.3, 0.4) is 0 Å². The molecule has 76 valence electrons. The van der Waals surface area contributed by atoms with E-state index < -0.39 is 0 Å². The minimum atomic E-state index is 0.425. The molecular weight excluding hydrogens is 176 g/mol. The van der Waals surface area contributed by atoms with Crippen molar-refractivity contribution in [3.8, 4) is 5.88 Å². The monoisotopic (exact) mass is 192 g/mol. The van der Waals surface area contributed by atoms with Crippen LogP contribution in [0.5, 0.6) is 5.88 Å². The number of pyridine rings is 1. The van der Waals surface area contributed by atoms with E-state index in [1.165, 1.54) is 12.0 Å². The van der Waals surface area contributed by atoms with Gasteiger partial charge >= 0.3 is 0 Å². The summed E-state index contributed by atoms with van der Waals surface area (Å²) in [4.78, 5) is 4.48. The number of fused-ring (bicyclic) bond motifs is 1. The van der Waals surface area contributed by atoms with Crippen LogP contribution in [0.25, 0.3) is 0 Å². The van der Waals surface area contributed by atoms with Crippen molar-refractivity contribution in [3.05, 3.63) is 23.4 Å². The molecule has 1 atom stereocenters. The van der Waals surface area contributed by atoms with E-state index in [9.17, 15) is 0 Å². The van der Waals surface area contributed by atoms with E-state index in [0.717, 1.165) is 18.5 Å². The minimum absolute atomic E-state index is 0.425. The van der Waals surface area contributed by atoms with Gasteiger partial charge in [-0.05, 0) is 24.8 Å². The number of nitrogens with two attached hydrogens (primary N) is 1. The third-order valence-electron chi connectivity index (χ3n) is 2.87. The highest BCUT2D eigenvalue weighted by Gasteiger charge is 2.20. The molecule has 1 aromatic heterocycles. The Kier molecular flexibility index (Phi) is 2.68. The SMILES string of the molecule is COc1ccc2c(n1)C(CN)CCC2. The molecule has 1 aromatic rings. The van der Waals surface area contributed by atoms with Crippen molar-refractivity contribution >= 4 is 0 Å². The van der Waals surface area contributed by atoms with Crippen molar-refractivity contribution in [1.29, 1.82) is 0 Å². The zero-order valence-electron chi connectivity index (χ0n) is 8.49. The Bertz CT molecular complexity index is 325. The van der Waals surface area contributed by atoms with Crippen molar-refractivity contribution in [2.75, 3.05) is 13.7 Å². The number of hydrogen-bond donors (Lipinski definition) is 1. The number of methoxy groups -OCH3 is 1. The third kappa shape index (κ3) is 1.60. The summed E-state index contributed by atoms with van der Waals surface area (Å²) in [5.74, 6) is 1.12. The first kappa shape index (κ1) is 9.46. The van der Waals surface area contributed by atoms with Gasteiger partial charge in [-0.2, -0.15) is 0 Å². The molecule has 0 bridgehead atoms. The Morgan fingerprint density at radius 3 is 3.14 bits per heavy atom. The number of aryl methyl sites for hydroxylation is 1. The molecular formula is C11H16N2O. The standard InChI is InChI=1S/C11H16N2O/c1-14-10-6-5-8-3-2-4-9(7-12)11(8)13-10/h5-6,9H,2-4,7,12H2,1H3. The maximum atomic E-state index is 5.73. The molecule has 3 heteroatoms. The Hall–Kier alpha value is -1.09. The first-order chi connectivity index (χ1) is 6.85. The molecule has 0 spiro atoms. The molecule has 1 heterocycles. The molecule has 0 aliphatic heterocycles. The second-order valence-corrected chi connectivity index (χ2v) is 3.72. The molecule has 0 amide bonds. The van der Waals surface area contributed by atoms with Gasteiger partial charge in [0.2, 0.25) is 5.88 Å². The molecule has 2 N–H and O–H groups in total. The smallest absolute Gasteiger partial charge is 0.213 e. The molecule has 2 rings (SSSR count).